The predicted molar refractivity (Wildman–Crippen MR) is 274 cm³/mol. The Labute approximate surface area is 378 Å². The van der Waals surface area contributed by atoms with Gasteiger partial charge in [0.15, 0.2) is 0 Å². The minimum atomic E-state index is -0.0653. The van der Waals surface area contributed by atoms with E-state index in [1.807, 2.05) is 0 Å². The normalized spacial score (nSPS) is 13.5. The summed E-state index contributed by atoms with van der Waals surface area (Å²) in [6.07, 6.45) is 6.45. The van der Waals surface area contributed by atoms with Crippen molar-refractivity contribution in [3.8, 4) is 39.1 Å². The fourth-order valence-corrected chi connectivity index (χ4v) is 10.6. The largest absolute Gasteiger partial charge is 0.309 e. The number of hydrogen-bond donors (Lipinski definition) is 0. The molecule has 9 aromatic carbocycles. The maximum absolute atomic E-state index is 2.56. The molecule has 0 amide bonds. The van der Waals surface area contributed by atoms with Gasteiger partial charge in [-0.3, -0.25) is 0 Å². The lowest BCUT2D eigenvalue weighted by Gasteiger charge is -2.32. The highest BCUT2D eigenvalue weighted by molar-refractivity contribution is 6.16. The molecule has 0 N–H and O–H groups in total. The van der Waals surface area contributed by atoms with Crippen LogP contribution in [0.1, 0.15) is 69.9 Å². The van der Waals surface area contributed by atoms with Crippen LogP contribution in [-0.4, -0.2) is 4.57 Å². The maximum Gasteiger partial charge on any atom is 0.0547 e. The van der Waals surface area contributed by atoms with Crippen LogP contribution in [0.4, 0.5) is 17.1 Å². The molecule has 0 saturated heterocycles. The third-order valence-corrected chi connectivity index (χ3v) is 13.7. The summed E-state index contributed by atoms with van der Waals surface area (Å²) in [7, 11) is 0. The van der Waals surface area contributed by atoms with Gasteiger partial charge in [-0.2, -0.15) is 0 Å². The van der Waals surface area contributed by atoms with Crippen molar-refractivity contribution in [2.24, 2.45) is 0 Å². The van der Waals surface area contributed by atoms with E-state index < -0.39 is 0 Å². The molecule has 1 aromatic heterocycles. The van der Waals surface area contributed by atoms with Crippen LogP contribution in [0.3, 0.4) is 0 Å². The summed E-state index contributed by atoms with van der Waals surface area (Å²) in [5.74, 6) is 0.572. The summed E-state index contributed by atoms with van der Waals surface area (Å²) in [5, 5.41) is 5.22. The maximum atomic E-state index is 2.56. The van der Waals surface area contributed by atoms with Crippen molar-refractivity contribution < 1.29 is 0 Å². The first-order valence-corrected chi connectivity index (χ1v) is 23.2. The first-order valence-electron chi connectivity index (χ1n) is 23.2. The van der Waals surface area contributed by atoms with Crippen molar-refractivity contribution in [3.05, 3.63) is 217 Å². The fraction of sp³-hybridized carbons (Fsp3) is 0.161. The molecule has 1 aliphatic carbocycles. The SMILES string of the molecule is CC(C)(C)c1ccc(-c2ccccc2)c(N(c2cccc(-c3cccc4c3c3ccccc3n4-c3ccccc3)c2)c2ccccc2-c2cccc3cccc(C4CCCCC4)c23)c1. The monoisotopic (exact) mass is 826 g/mol. The highest BCUT2D eigenvalue weighted by Gasteiger charge is 2.26. The number of nitrogens with zero attached hydrogens (tertiary/aromatic N) is 2. The molecule has 10 aromatic rings. The second-order valence-corrected chi connectivity index (χ2v) is 18.7. The van der Waals surface area contributed by atoms with Crippen LogP contribution in [0.2, 0.25) is 0 Å². The Morgan fingerprint density at radius 2 is 1.09 bits per heavy atom. The van der Waals surface area contributed by atoms with Crippen molar-refractivity contribution >= 4 is 49.6 Å². The molecule has 2 heteroatoms. The molecular formula is C62H54N2. The van der Waals surface area contributed by atoms with Gasteiger partial charge in [-0.25, -0.2) is 0 Å². The molecule has 0 spiro atoms. The van der Waals surface area contributed by atoms with Crippen molar-refractivity contribution in [2.75, 3.05) is 4.90 Å². The second-order valence-electron chi connectivity index (χ2n) is 18.7. The summed E-state index contributed by atoms with van der Waals surface area (Å²) in [4.78, 5) is 2.56. The third kappa shape index (κ3) is 7.08. The van der Waals surface area contributed by atoms with E-state index in [9.17, 15) is 0 Å². The molecule has 0 bridgehead atoms. The zero-order valence-corrected chi connectivity index (χ0v) is 37.1. The topological polar surface area (TPSA) is 8.17 Å². The van der Waals surface area contributed by atoms with Crippen LogP contribution in [0.25, 0.3) is 71.6 Å². The van der Waals surface area contributed by atoms with Gasteiger partial charge in [-0.1, -0.05) is 198 Å². The molecule has 1 heterocycles. The Hall–Kier alpha value is -7.16. The Bertz CT molecular complexity index is 3280. The molecule has 11 rings (SSSR count). The molecule has 1 aliphatic rings. The molecule has 1 saturated carbocycles. The smallest absolute Gasteiger partial charge is 0.0547 e. The van der Waals surface area contributed by atoms with Gasteiger partial charge in [0.1, 0.15) is 0 Å². The second kappa shape index (κ2) is 16.5. The quantitative estimate of drug-likeness (QED) is 0.148. The minimum Gasteiger partial charge on any atom is -0.309 e. The standard InChI is InChI=1S/C62H54N2/c1-62(2,3)47-39-40-50(43-21-7-4-8-22-43)59(42-47)64(56-36-15-13-31-53(56)54-35-19-26-45-25-18-33-51(60(45)54)44-23-9-5-10-24-44)49-30-17-27-46(41-49)52-34-20-38-58-61(52)55-32-14-16-37-57(55)63(58)48-28-11-6-12-29-48/h4,6-8,11-22,25-42,44H,5,9-10,23-24H2,1-3H3. The summed E-state index contributed by atoms with van der Waals surface area (Å²) in [5.41, 5.74) is 17.0. The van der Waals surface area contributed by atoms with Gasteiger partial charge in [0.25, 0.3) is 0 Å². The lowest BCUT2D eigenvalue weighted by molar-refractivity contribution is 0.445. The molecule has 1 fully saturated rings. The molecule has 0 radical (unpaired) electrons. The van der Waals surface area contributed by atoms with Crippen LogP contribution in [0.5, 0.6) is 0 Å². The number of anilines is 3. The molecule has 64 heavy (non-hydrogen) atoms. The van der Waals surface area contributed by atoms with E-state index >= 15 is 0 Å². The first-order chi connectivity index (χ1) is 31.4. The number of hydrogen-bond acceptors (Lipinski definition) is 1. The summed E-state index contributed by atoms with van der Waals surface area (Å²) >= 11 is 0. The van der Waals surface area contributed by atoms with Crippen LogP contribution < -0.4 is 4.90 Å². The van der Waals surface area contributed by atoms with Crippen LogP contribution >= 0.6 is 0 Å². The van der Waals surface area contributed by atoms with E-state index in [0.29, 0.717) is 5.92 Å². The fourth-order valence-electron chi connectivity index (χ4n) is 10.6. The van der Waals surface area contributed by atoms with E-state index in [1.54, 1.807) is 0 Å². The van der Waals surface area contributed by atoms with Gasteiger partial charge < -0.3 is 9.47 Å². The summed E-state index contributed by atoms with van der Waals surface area (Å²) in [6, 6.07) is 76.9. The van der Waals surface area contributed by atoms with Crippen molar-refractivity contribution in [1.82, 2.24) is 4.57 Å². The van der Waals surface area contributed by atoms with Gasteiger partial charge >= 0.3 is 0 Å². The van der Waals surface area contributed by atoms with Gasteiger partial charge in [0, 0.05) is 33.3 Å². The lowest BCUT2D eigenvalue weighted by atomic mass is 9.80. The minimum absolute atomic E-state index is 0.0653. The van der Waals surface area contributed by atoms with Crippen LogP contribution in [-0.2, 0) is 5.41 Å². The zero-order chi connectivity index (χ0) is 43.2. The van der Waals surface area contributed by atoms with Gasteiger partial charge in [-0.15, -0.1) is 0 Å². The number of rotatable bonds is 8. The lowest BCUT2D eigenvalue weighted by Crippen LogP contribution is -2.16. The number of benzene rings is 9. The van der Waals surface area contributed by atoms with Crippen LogP contribution in [0.15, 0.2) is 206 Å². The van der Waals surface area contributed by atoms with Crippen molar-refractivity contribution in [1.29, 1.82) is 0 Å². The summed E-state index contributed by atoms with van der Waals surface area (Å²) < 4.78 is 2.41. The van der Waals surface area contributed by atoms with Gasteiger partial charge in [-0.05, 0) is 117 Å². The average molecular weight is 827 g/mol. The Morgan fingerprint density at radius 3 is 1.91 bits per heavy atom. The molecule has 0 aliphatic heterocycles. The van der Waals surface area contributed by atoms with Gasteiger partial charge in [0.05, 0.1) is 22.4 Å². The highest BCUT2D eigenvalue weighted by Crippen LogP contribution is 2.49. The Balaban J connectivity index is 1.18. The molecule has 312 valence electrons. The third-order valence-electron chi connectivity index (χ3n) is 13.7. The van der Waals surface area contributed by atoms with E-state index in [-0.39, 0.29) is 5.41 Å². The average Bonchev–Trinajstić information content (AvgIpc) is 3.69. The predicted octanol–water partition coefficient (Wildman–Crippen LogP) is 17.8. The number of fused-ring (bicyclic) bond motifs is 4. The number of aromatic nitrogens is 1. The molecular weight excluding hydrogens is 773 g/mol. The van der Waals surface area contributed by atoms with Crippen molar-refractivity contribution in [2.45, 2.75) is 64.2 Å². The van der Waals surface area contributed by atoms with E-state index in [4.69, 9.17) is 0 Å². The van der Waals surface area contributed by atoms with E-state index in [0.717, 1.165) is 22.7 Å². The Morgan fingerprint density at radius 1 is 0.453 bits per heavy atom. The first kappa shape index (κ1) is 39.7. The molecule has 0 unspecified atom stereocenters. The van der Waals surface area contributed by atoms with Gasteiger partial charge in [0.2, 0.25) is 0 Å². The van der Waals surface area contributed by atoms with Crippen LogP contribution in [0, 0.1) is 0 Å². The summed E-state index contributed by atoms with van der Waals surface area (Å²) in [6.45, 7) is 6.97. The highest BCUT2D eigenvalue weighted by atomic mass is 15.1. The Kier molecular flexibility index (Phi) is 10.2. The molecule has 2 nitrogen and oxygen atoms in total. The molecule has 0 atom stereocenters. The zero-order valence-electron chi connectivity index (χ0n) is 37.1. The van der Waals surface area contributed by atoms with E-state index in [1.165, 1.54) is 109 Å². The van der Waals surface area contributed by atoms with E-state index in [2.05, 4.69) is 236 Å². The van der Waals surface area contributed by atoms with Crippen molar-refractivity contribution in [3.63, 3.8) is 0 Å². The number of para-hydroxylation sites is 3.